The van der Waals surface area contributed by atoms with E-state index in [1.807, 2.05) is 0 Å². The molecule has 11 nitrogen and oxygen atoms in total. The zero-order valence-corrected chi connectivity index (χ0v) is 23.2. The fourth-order valence-electron chi connectivity index (χ4n) is 3.71. The van der Waals surface area contributed by atoms with Crippen molar-refractivity contribution in [3.8, 4) is 5.75 Å². The average molecular weight is 577 g/mol. The number of aromatic amines is 1. The summed E-state index contributed by atoms with van der Waals surface area (Å²) in [6.45, 7) is 5.80. The second-order valence-electron chi connectivity index (χ2n) is 9.24. The Kier molecular flexibility index (Phi) is 9.39. The first kappa shape index (κ1) is 29.5. The SMILES string of the molecule is CC(C)OC(=O)[C@H](C)C[P@@](=O)(OC[C@H]1O[C@@H](n2ccc(=O)[nH]c2=S)C(C)(O)[C@H]1O)Oc1ccc(Cl)cc1. The predicted octanol–water partition coefficient (Wildman–Crippen LogP) is 3.44. The van der Waals surface area contributed by atoms with Gasteiger partial charge < -0.3 is 24.2 Å². The van der Waals surface area contributed by atoms with Crippen LogP contribution in [0.15, 0.2) is 41.3 Å². The number of aliphatic hydroxyl groups excluding tert-OH is 1. The summed E-state index contributed by atoms with van der Waals surface area (Å²) >= 11 is 11.1. The molecule has 1 fully saturated rings. The van der Waals surface area contributed by atoms with Crippen LogP contribution in [-0.2, 0) is 23.4 Å². The minimum Gasteiger partial charge on any atom is -0.463 e. The molecule has 2 heterocycles. The van der Waals surface area contributed by atoms with Crippen molar-refractivity contribution in [2.45, 2.75) is 57.8 Å². The molecule has 14 heteroatoms. The number of halogens is 1. The number of H-pyrrole nitrogens is 1. The Balaban J connectivity index is 1.81. The molecule has 1 saturated heterocycles. The van der Waals surface area contributed by atoms with Crippen molar-refractivity contribution in [1.82, 2.24) is 9.55 Å². The Hall–Kier alpha value is -2.05. The smallest absolute Gasteiger partial charge is 0.380 e. The number of benzene rings is 1. The molecule has 1 aliphatic heterocycles. The molecule has 0 radical (unpaired) electrons. The Morgan fingerprint density at radius 3 is 2.54 bits per heavy atom. The molecule has 1 unspecified atom stereocenters. The quantitative estimate of drug-likeness (QED) is 0.218. The largest absolute Gasteiger partial charge is 0.463 e. The second-order valence-corrected chi connectivity index (χ2v) is 12.1. The Morgan fingerprint density at radius 2 is 1.95 bits per heavy atom. The molecule has 0 aliphatic carbocycles. The normalized spacial score (nSPS) is 26.0. The second kappa shape index (κ2) is 11.8. The maximum Gasteiger partial charge on any atom is 0.380 e. The minimum atomic E-state index is -4.03. The van der Waals surface area contributed by atoms with Gasteiger partial charge in [0.2, 0.25) is 0 Å². The lowest BCUT2D eigenvalue weighted by molar-refractivity contribution is -0.151. The van der Waals surface area contributed by atoms with E-state index >= 15 is 0 Å². The fraction of sp³-hybridized carbons (Fsp3) is 0.522. The predicted molar refractivity (Wildman–Crippen MR) is 137 cm³/mol. The van der Waals surface area contributed by atoms with Gasteiger partial charge in [0.15, 0.2) is 11.0 Å². The van der Waals surface area contributed by atoms with Gasteiger partial charge in [-0.15, -0.1) is 0 Å². The first-order valence-electron chi connectivity index (χ1n) is 11.5. The molecule has 3 N–H and O–H groups in total. The van der Waals surface area contributed by atoms with E-state index in [2.05, 4.69) is 4.98 Å². The van der Waals surface area contributed by atoms with Crippen molar-refractivity contribution in [2.75, 3.05) is 12.8 Å². The van der Waals surface area contributed by atoms with Crippen LogP contribution in [0.3, 0.4) is 0 Å². The summed E-state index contributed by atoms with van der Waals surface area (Å²) in [7, 11) is -4.03. The van der Waals surface area contributed by atoms with E-state index in [1.165, 1.54) is 54.9 Å². The molecule has 1 aliphatic rings. The molecule has 0 bridgehead atoms. The van der Waals surface area contributed by atoms with Gasteiger partial charge in [0.1, 0.15) is 23.6 Å². The van der Waals surface area contributed by atoms with Gasteiger partial charge >= 0.3 is 13.6 Å². The summed E-state index contributed by atoms with van der Waals surface area (Å²) in [5, 5.41) is 22.2. The Bertz CT molecular complexity index is 1260. The van der Waals surface area contributed by atoms with Crippen LogP contribution in [0.4, 0.5) is 0 Å². The van der Waals surface area contributed by atoms with Gasteiger partial charge in [-0.05, 0) is 57.3 Å². The van der Waals surface area contributed by atoms with Crippen molar-refractivity contribution < 1.29 is 38.1 Å². The Morgan fingerprint density at radius 1 is 1.30 bits per heavy atom. The number of nitrogens with zero attached hydrogens (tertiary/aromatic N) is 1. The highest BCUT2D eigenvalue weighted by Gasteiger charge is 2.53. The first-order valence-corrected chi connectivity index (χ1v) is 14.0. The summed E-state index contributed by atoms with van der Waals surface area (Å²) in [5.41, 5.74) is -2.29. The lowest BCUT2D eigenvalue weighted by atomic mass is 9.96. The average Bonchev–Trinajstić information content (AvgIpc) is 3.02. The van der Waals surface area contributed by atoms with Gasteiger partial charge in [-0.3, -0.25) is 23.7 Å². The number of aliphatic hydroxyl groups is 2. The molecular formula is C23H30ClN2O9PS. The summed E-state index contributed by atoms with van der Waals surface area (Å²) in [6.07, 6.45) is -3.19. The third kappa shape index (κ3) is 7.29. The third-order valence-electron chi connectivity index (χ3n) is 5.60. The highest BCUT2D eigenvalue weighted by molar-refractivity contribution is 7.71. The topological polar surface area (TPSA) is 149 Å². The number of ether oxygens (including phenoxy) is 2. The Labute approximate surface area is 223 Å². The van der Waals surface area contributed by atoms with Crippen molar-refractivity contribution >= 4 is 37.4 Å². The molecule has 0 spiro atoms. The van der Waals surface area contributed by atoms with Crippen molar-refractivity contribution in [3.05, 3.63) is 56.7 Å². The third-order valence-corrected chi connectivity index (χ3v) is 8.19. The van der Waals surface area contributed by atoms with E-state index in [0.29, 0.717) is 5.02 Å². The molecule has 6 atom stereocenters. The lowest BCUT2D eigenvalue weighted by Crippen LogP contribution is -2.44. The number of rotatable bonds is 10. The molecular weight excluding hydrogens is 547 g/mol. The van der Waals surface area contributed by atoms with E-state index in [4.69, 9.17) is 42.3 Å². The molecule has 37 heavy (non-hydrogen) atoms. The van der Waals surface area contributed by atoms with Crippen LogP contribution < -0.4 is 10.1 Å². The molecule has 0 amide bonds. The first-order chi connectivity index (χ1) is 17.2. The molecule has 204 valence electrons. The summed E-state index contributed by atoms with van der Waals surface area (Å²) < 4.78 is 37.4. The van der Waals surface area contributed by atoms with Gasteiger partial charge in [0, 0.05) is 17.3 Å². The van der Waals surface area contributed by atoms with Crippen LogP contribution in [0, 0.1) is 10.7 Å². The number of hydrogen-bond donors (Lipinski definition) is 3. The highest BCUT2D eigenvalue weighted by atomic mass is 35.5. The molecule has 3 rings (SSSR count). The van der Waals surface area contributed by atoms with Gasteiger partial charge in [0.25, 0.3) is 5.56 Å². The molecule has 0 saturated carbocycles. The number of nitrogens with one attached hydrogen (secondary N) is 1. The standard InChI is InChI=1S/C23H30ClN2O9PS/c1-13(2)33-20(29)14(3)12-36(31,35-16-7-5-15(24)6-8-16)32-11-17-19(28)23(4,30)21(34-17)26-10-9-18(27)25-22(26)37/h5-10,13-14,17,19,21,28,30H,11-12H2,1-4H3,(H,25,27,37)/t14-,17-,19+,21-,23?,36-/m1/s1. The van der Waals surface area contributed by atoms with Crippen molar-refractivity contribution in [3.63, 3.8) is 0 Å². The fourth-order valence-corrected chi connectivity index (χ4v) is 5.96. The monoisotopic (exact) mass is 576 g/mol. The van der Waals surface area contributed by atoms with E-state index in [1.54, 1.807) is 13.8 Å². The molecule has 1 aromatic carbocycles. The minimum absolute atomic E-state index is 0.0271. The van der Waals surface area contributed by atoms with Crippen LogP contribution in [-0.4, -0.2) is 62.4 Å². The molecule has 1 aromatic heterocycles. The highest BCUT2D eigenvalue weighted by Crippen LogP contribution is 2.51. The lowest BCUT2D eigenvalue weighted by Gasteiger charge is -2.28. The van der Waals surface area contributed by atoms with Crippen LogP contribution >= 0.6 is 31.4 Å². The van der Waals surface area contributed by atoms with E-state index in [0.717, 1.165) is 0 Å². The van der Waals surface area contributed by atoms with Crippen LogP contribution in [0.1, 0.15) is 33.9 Å². The number of hydrogen-bond acceptors (Lipinski definition) is 10. The van der Waals surface area contributed by atoms with Gasteiger partial charge in [0.05, 0.1) is 24.8 Å². The summed E-state index contributed by atoms with van der Waals surface area (Å²) in [5.74, 6) is -1.23. The summed E-state index contributed by atoms with van der Waals surface area (Å²) in [6, 6.07) is 7.26. The maximum absolute atomic E-state index is 13.8. The number of aromatic nitrogens is 2. The maximum atomic E-state index is 13.8. The zero-order valence-electron chi connectivity index (χ0n) is 20.7. The number of carbonyl (C=O) groups excluding carboxylic acids is 1. The summed E-state index contributed by atoms with van der Waals surface area (Å²) in [4.78, 5) is 26.3. The van der Waals surface area contributed by atoms with Crippen molar-refractivity contribution in [1.29, 1.82) is 0 Å². The van der Waals surface area contributed by atoms with Gasteiger partial charge in [-0.2, -0.15) is 0 Å². The van der Waals surface area contributed by atoms with E-state index in [-0.39, 0.29) is 22.8 Å². The van der Waals surface area contributed by atoms with Crippen LogP contribution in [0.5, 0.6) is 5.75 Å². The van der Waals surface area contributed by atoms with Crippen LogP contribution in [0.25, 0.3) is 0 Å². The zero-order chi connectivity index (χ0) is 27.5. The van der Waals surface area contributed by atoms with E-state index in [9.17, 15) is 24.4 Å². The number of esters is 1. The van der Waals surface area contributed by atoms with Crippen molar-refractivity contribution in [2.24, 2.45) is 5.92 Å². The van der Waals surface area contributed by atoms with E-state index < -0.39 is 55.7 Å². The van der Waals surface area contributed by atoms with Gasteiger partial charge in [-0.1, -0.05) is 18.5 Å². The number of carbonyl (C=O) groups is 1. The van der Waals surface area contributed by atoms with Crippen LogP contribution in [0.2, 0.25) is 5.02 Å². The van der Waals surface area contributed by atoms with Gasteiger partial charge in [-0.25, -0.2) is 4.57 Å². The molecule has 2 aromatic rings.